The van der Waals surface area contributed by atoms with E-state index in [2.05, 4.69) is 45.0 Å². The highest BCUT2D eigenvalue weighted by molar-refractivity contribution is 5.29. The van der Waals surface area contributed by atoms with Crippen molar-refractivity contribution < 1.29 is 38.3 Å². The minimum atomic E-state index is 0.0335. The van der Waals surface area contributed by atoms with E-state index in [4.69, 9.17) is 38.3 Å². The Morgan fingerprint density at radius 3 is 1.41 bits per heavy atom. The van der Waals surface area contributed by atoms with Gasteiger partial charge in [0.2, 0.25) is 0 Å². The number of ether oxygens (including phenoxy) is 7. The zero-order chi connectivity index (χ0) is 26.8. The van der Waals surface area contributed by atoms with Crippen LogP contribution in [0.25, 0.3) is 0 Å². The van der Waals surface area contributed by atoms with Gasteiger partial charge in [0.05, 0.1) is 85.9 Å². The first-order valence-electron chi connectivity index (χ1n) is 14.0. The molecular weight excluding hydrogens is 476 g/mol. The highest BCUT2D eigenvalue weighted by atomic mass is 16.6. The number of aliphatic hydroxyl groups is 1. The van der Waals surface area contributed by atoms with Crippen LogP contribution in [0.5, 0.6) is 5.75 Å². The van der Waals surface area contributed by atoms with E-state index in [1.807, 2.05) is 0 Å². The van der Waals surface area contributed by atoms with Crippen molar-refractivity contribution in [2.24, 2.45) is 5.92 Å². The maximum absolute atomic E-state index is 8.57. The van der Waals surface area contributed by atoms with Gasteiger partial charge in [-0.2, -0.15) is 0 Å². The summed E-state index contributed by atoms with van der Waals surface area (Å²) >= 11 is 0. The molecule has 0 aliphatic rings. The van der Waals surface area contributed by atoms with Crippen LogP contribution in [-0.4, -0.2) is 97.6 Å². The molecule has 0 fully saturated rings. The van der Waals surface area contributed by atoms with Crippen LogP contribution in [-0.2, 0) is 28.4 Å². The molecule has 2 unspecified atom stereocenters. The smallest absolute Gasteiger partial charge is 0.119 e. The quantitative estimate of drug-likeness (QED) is 0.167. The molecule has 0 amide bonds. The molecule has 0 radical (unpaired) electrons. The maximum Gasteiger partial charge on any atom is 0.119 e. The second kappa shape index (κ2) is 25.0. The van der Waals surface area contributed by atoms with Crippen molar-refractivity contribution in [1.82, 2.24) is 0 Å². The largest absolute Gasteiger partial charge is 0.491 e. The summed E-state index contributed by atoms with van der Waals surface area (Å²) < 4.78 is 38.2. The first-order chi connectivity index (χ1) is 18.2. The third-order valence-electron chi connectivity index (χ3n) is 6.14. The summed E-state index contributed by atoms with van der Waals surface area (Å²) in [5, 5.41) is 8.57. The second-order valence-corrected chi connectivity index (χ2v) is 9.01. The average molecular weight is 529 g/mol. The van der Waals surface area contributed by atoms with Crippen LogP contribution >= 0.6 is 0 Å². The van der Waals surface area contributed by atoms with E-state index < -0.39 is 0 Å². The lowest BCUT2D eigenvalue weighted by atomic mass is 9.88. The third-order valence-corrected chi connectivity index (χ3v) is 6.14. The first kappa shape index (κ1) is 33.8. The van der Waals surface area contributed by atoms with Crippen molar-refractivity contribution in [2.45, 2.75) is 52.4 Å². The summed E-state index contributed by atoms with van der Waals surface area (Å²) in [6.45, 7) is 13.5. The highest BCUT2D eigenvalue weighted by Gasteiger charge is 2.11. The van der Waals surface area contributed by atoms with Gasteiger partial charge in [-0.15, -0.1) is 0 Å². The van der Waals surface area contributed by atoms with Gasteiger partial charge in [0.1, 0.15) is 12.4 Å². The van der Waals surface area contributed by atoms with Crippen molar-refractivity contribution in [3.05, 3.63) is 29.8 Å². The Morgan fingerprint density at radius 2 is 1.00 bits per heavy atom. The molecule has 0 heterocycles. The van der Waals surface area contributed by atoms with E-state index in [1.54, 1.807) is 0 Å². The summed E-state index contributed by atoms with van der Waals surface area (Å²) in [4.78, 5) is 0. The highest BCUT2D eigenvalue weighted by Crippen LogP contribution is 2.28. The molecule has 1 rings (SSSR count). The molecule has 0 aliphatic heterocycles. The van der Waals surface area contributed by atoms with E-state index in [0.717, 1.165) is 11.7 Å². The van der Waals surface area contributed by atoms with Crippen LogP contribution in [0.4, 0.5) is 0 Å². The summed E-state index contributed by atoms with van der Waals surface area (Å²) in [7, 11) is 0. The minimum Gasteiger partial charge on any atom is -0.491 e. The zero-order valence-corrected chi connectivity index (χ0v) is 23.5. The Kier molecular flexibility index (Phi) is 22.9. The average Bonchev–Trinajstić information content (AvgIpc) is 2.92. The topological polar surface area (TPSA) is 84.8 Å². The van der Waals surface area contributed by atoms with E-state index >= 15 is 0 Å². The predicted octanol–water partition coefficient (Wildman–Crippen LogP) is 4.48. The molecule has 0 saturated carbocycles. The number of rotatable bonds is 27. The van der Waals surface area contributed by atoms with Gasteiger partial charge < -0.3 is 38.3 Å². The molecule has 1 N–H and O–H groups in total. The molecule has 8 nitrogen and oxygen atoms in total. The van der Waals surface area contributed by atoms with Gasteiger partial charge in [-0.1, -0.05) is 45.7 Å². The maximum atomic E-state index is 8.57. The van der Waals surface area contributed by atoms with Crippen molar-refractivity contribution in [3.63, 3.8) is 0 Å². The SMILES string of the molecule is CCC(C)CCC(CC)c1ccc(OCCOCCOCCOCCOCCOCCOCCO)cc1. The van der Waals surface area contributed by atoms with Crippen molar-refractivity contribution in [1.29, 1.82) is 0 Å². The Labute approximate surface area is 224 Å². The standard InChI is InChI=1S/C29H52O8/c1-4-26(3)6-7-27(5-2)28-8-10-29(11-9-28)37-25-24-36-23-22-35-21-20-34-19-18-33-17-16-32-15-14-31-13-12-30/h8-11,26-27,30H,4-7,12-25H2,1-3H3. The van der Waals surface area contributed by atoms with Gasteiger partial charge >= 0.3 is 0 Å². The van der Waals surface area contributed by atoms with Crippen LogP contribution in [0.3, 0.4) is 0 Å². The molecule has 0 aliphatic carbocycles. The molecule has 37 heavy (non-hydrogen) atoms. The number of hydrogen-bond acceptors (Lipinski definition) is 8. The number of benzene rings is 1. The summed E-state index contributed by atoms with van der Waals surface area (Å²) in [5.74, 6) is 2.32. The molecular formula is C29H52O8. The van der Waals surface area contributed by atoms with Gasteiger partial charge in [0.15, 0.2) is 0 Å². The van der Waals surface area contributed by atoms with Crippen LogP contribution < -0.4 is 4.74 Å². The molecule has 1 aromatic carbocycles. The predicted molar refractivity (Wildman–Crippen MR) is 146 cm³/mol. The molecule has 0 bridgehead atoms. The van der Waals surface area contributed by atoms with E-state index in [0.29, 0.717) is 91.8 Å². The normalized spacial score (nSPS) is 13.1. The van der Waals surface area contributed by atoms with Gasteiger partial charge in [-0.25, -0.2) is 0 Å². The van der Waals surface area contributed by atoms with Crippen LogP contribution in [0.1, 0.15) is 57.9 Å². The Hall–Kier alpha value is -1.26. The van der Waals surface area contributed by atoms with Crippen molar-refractivity contribution >= 4 is 0 Å². The summed E-state index contributed by atoms with van der Waals surface area (Å²) in [5.41, 5.74) is 1.41. The lowest BCUT2D eigenvalue weighted by Crippen LogP contribution is -2.15. The van der Waals surface area contributed by atoms with Crippen LogP contribution in [0.15, 0.2) is 24.3 Å². The van der Waals surface area contributed by atoms with Crippen LogP contribution in [0, 0.1) is 5.92 Å². The van der Waals surface area contributed by atoms with E-state index in [9.17, 15) is 0 Å². The molecule has 8 heteroatoms. The fraction of sp³-hybridized carbons (Fsp3) is 0.793. The molecule has 1 aromatic rings. The zero-order valence-electron chi connectivity index (χ0n) is 23.5. The Balaban J connectivity index is 1.89. The fourth-order valence-electron chi connectivity index (χ4n) is 3.62. The van der Waals surface area contributed by atoms with E-state index in [-0.39, 0.29) is 6.61 Å². The third kappa shape index (κ3) is 19.5. The summed E-state index contributed by atoms with van der Waals surface area (Å²) in [6, 6.07) is 8.55. The lowest BCUT2D eigenvalue weighted by molar-refractivity contribution is -0.0191. The molecule has 0 saturated heterocycles. The second-order valence-electron chi connectivity index (χ2n) is 9.01. The molecule has 2 atom stereocenters. The van der Waals surface area contributed by atoms with E-state index in [1.165, 1.54) is 31.2 Å². The van der Waals surface area contributed by atoms with Gasteiger partial charge in [-0.3, -0.25) is 0 Å². The Bertz CT molecular complexity index is 598. The van der Waals surface area contributed by atoms with Gasteiger partial charge in [-0.05, 0) is 42.4 Å². The van der Waals surface area contributed by atoms with Crippen LogP contribution in [0.2, 0.25) is 0 Å². The molecule has 216 valence electrons. The molecule has 0 aromatic heterocycles. The monoisotopic (exact) mass is 528 g/mol. The van der Waals surface area contributed by atoms with Crippen molar-refractivity contribution in [3.8, 4) is 5.75 Å². The minimum absolute atomic E-state index is 0.0335. The fourth-order valence-corrected chi connectivity index (χ4v) is 3.62. The number of aliphatic hydroxyl groups excluding tert-OH is 1. The molecule has 0 spiro atoms. The van der Waals surface area contributed by atoms with Gasteiger partial charge in [0, 0.05) is 0 Å². The van der Waals surface area contributed by atoms with Crippen molar-refractivity contribution in [2.75, 3.05) is 92.5 Å². The summed E-state index contributed by atoms with van der Waals surface area (Å²) in [6.07, 6.45) is 4.97. The van der Waals surface area contributed by atoms with Gasteiger partial charge in [0.25, 0.3) is 0 Å². The lowest BCUT2D eigenvalue weighted by Gasteiger charge is -2.18. The number of hydrogen-bond donors (Lipinski definition) is 1. The first-order valence-corrected chi connectivity index (χ1v) is 14.0. The Morgan fingerprint density at radius 1 is 0.568 bits per heavy atom.